The van der Waals surface area contributed by atoms with Gasteiger partial charge in [0, 0.05) is 37.8 Å². The van der Waals surface area contributed by atoms with Gasteiger partial charge in [0.15, 0.2) is 11.5 Å². The molecule has 9 heteroatoms. The molecule has 34 heavy (non-hydrogen) atoms. The molecule has 0 saturated carbocycles. The van der Waals surface area contributed by atoms with Crippen molar-refractivity contribution in [3.05, 3.63) is 36.4 Å². The molecule has 5 rings (SSSR count). The summed E-state index contributed by atoms with van der Waals surface area (Å²) in [6.45, 7) is 3.77. The third kappa shape index (κ3) is 3.96. The van der Waals surface area contributed by atoms with E-state index in [0.29, 0.717) is 73.6 Å². The normalized spacial score (nSPS) is 18.4. The first-order valence-electron chi connectivity index (χ1n) is 11.5. The lowest BCUT2D eigenvalue weighted by Crippen LogP contribution is -2.44. The molecule has 2 N–H and O–H groups in total. The first-order chi connectivity index (χ1) is 16.6. The topological polar surface area (TPSA) is 103 Å². The Kier molecular flexibility index (Phi) is 6.10. The van der Waals surface area contributed by atoms with Crippen LogP contribution in [0, 0.1) is 5.92 Å². The molecule has 1 amide bonds. The maximum absolute atomic E-state index is 13.0. The van der Waals surface area contributed by atoms with Crippen molar-refractivity contribution in [2.75, 3.05) is 64.2 Å². The van der Waals surface area contributed by atoms with Crippen molar-refractivity contribution in [3.8, 4) is 22.6 Å². The number of nitrogens with two attached hydrogens (primary N) is 1. The maximum Gasteiger partial charge on any atom is 0.227 e. The third-order valence-corrected chi connectivity index (χ3v) is 6.55. The Balaban J connectivity index is 1.52. The molecule has 0 spiro atoms. The second-order valence-electron chi connectivity index (χ2n) is 8.53. The summed E-state index contributed by atoms with van der Waals surface area (Å²) in [6.07, 6.45) is 0.763. The van der Waals surface area contributed by atoms with Gasteiger partial charge in [-0.3, -0.25) is 4.79 Å². The van der Waals surface area contributed by atoms with Crippen molar-refractivity contribution < 1.29 is 19.0 Å². The number of rotatable bonds is 5. The van der Waals surface area contributed by atoms with Crippen molar-refractivity contribution in [3.63, 3.8) is 0 Å². The van der Waals surface area contributed by atoms with Crippen LogP contribution in [0.3, 0.4) is 0 Å². The summed E-state index contributed by atoms with van der Waals surface area (Å²) in [5.74, 6) is 2.14. The van der Waals surface area contributed by atoms with Crippen LogP contribution in [0.5, 0.6) is 11.5 Å². The molecular weight excluding hydrogens is 434 g/mol. The van der Waals surface area contributed by atoms with Crippen LogP contribution in [-0.2, 0) is 9.53 Å². The molecule has 1 aromatic heterocycles. The Morgan fingerprint density at radius 2 is 1.85 bits per heavy atom. The lowest BCUT2D eigenvalue weighted by atomic mass is 9.99. The molecule has 0 radical (unpaired) electrons. The van der Waals surface area contributed by atoms with Gasteiger partial charge in [-0.05, 0) is 12.0 Å². The molecule has 1 atom stereocenters. The number of methoxy groups -OCH3 is 2. The van der Waals surface area contributed by atoms with E-state index in [0.717, 1.165) is 17.5 Å². The summed E-state index contributed by atoms with van der Waals surface area (Å²) in [4.78, 5) is 26.4. The highest BCUT2D eigenvalue weighted by Crippen LogP contribution is 2.45. The van der Waals surface area contributed by atoms with Crippen LogP contribution < -0.4 is 20.1 Å². The van der Waals surface area contributed by atoms with E-state index in [1.807, 2.05) is 46.2 Å². The second-order valence-corrected chi connectivity index (χ2v) is 8.53. The molecule has 3 heterocycles. The molecule has 1 unspecified atom stereocenters. The Morgan fingerprint density at radius 1 is 1.09 bits per heavy atom. The van der Waals surface area contributed by atoms with Gasteiger partial charge in [0.2, 0.25) is 11.9 Å². The van der Waals surface area contributed by atoms with E-state index in [-0.39, 0.29) is 11.8 Å². The van der Waals surface area contributed by atoms with E-state index in [4.69, 9.17) is 24.9 Å². The highest BCUT2D eigenvalue weighted by Gasteiger charge is 2.33. The maximum atomic E-state index is 13.0. The van der Waals surface area contributed by atoms with Gasteiger partial charge in [-0.25, -0.2) is 4.98 Å². The summed E-state index contributed by atoms with van der Waals surface area (Å²) >= 11 is 0. The molecule has 2 fully saturated rings. The molecule has 2 aromatic carbocycles. The minimum atomic E-state index is -0.0797. The summed E-state index contributed by atoms with van der Waals surface area (Å²) in [7, 11) is 3.21. The highest BCUT2D eigenvalue weighted by atomic mass is 16.5. The Hall–Kier alpha value is -3.59. The summed E-state index contributed by atoms with van der Waals surface area (Å²) in [5.41, 5.74) is 8.92. The fraction of sp³-hybridized carbons (Fsp3) is 0.400. The largest absolute Gasteiger partial charge is 0.493 e. The fourth-order valence-corrected chi connectivity index (χ4v) is 4.83. The lowest BCUT2D eigenvalue weighted by Gasteiger charge is -2.29. The van der Waals surface area contributed by atoms with Gasteiger partial charge < -0.3 is 29.7 Å². The SMILES string of the molecule is COc1cc2nc(N3CCC(C(=O)N4CCOCC4)C3)nc(N)c2c(-c2ccccc2)c1OC. The molecular formula is C25H29N5O4. The van der Waals surface area contributed by atoms with Gasteiger partial charge in [-0.15, -0.1) is 0 Å². The number of morpholine rings is 1. The van der Waals surface area contributed by atoms with E-state index in [1.165, 1.54) is 0 Å². The number of hydrogen-bond donors (Lipinski definition) is 1. The average molecular weight is 464 g/mol. The number of carbonyl (C=O) groups is 1. The molecule has 3 aromatic rings. The van der Waals surface area contributed by atoms with Crippen molar-refractivity contribution >= 4 is 28.6 Å². The number of hydrogen-bond acceptors (Lipinski definition) is 8. The van der Waals surface area contributed by atoms with E-state index in [1.54, 1.807) is 14.2 Å². The molecule has 2 aliphatic heterocycles. The summed E-state index contributed by atoms with van der Waals surface area (Å²) in [6, 6.07) is 11.7. The van der Waals surface area contributed by atoms with Crippen LogP contribution in [0.4, 0.5) is 11.8 Å². The molecule has 0 aliphatic carbocycles. The number of aromatic nitrogens is 2. The molecule has 0 bridgehead atoms. The predicted molar refractivity (Wildman–Crippen MR) is 130 cm³/mol. The summed E-state index contributed by atoms with van der Waals surface area (Å²) in [5, 5.41) is 0.716. The quantitative estimate of drug-likeness (QED) is 0.616. The molecule has 178 valence electrons. The van der Waals surface area contributed by atoms with Gasteiger partial charge in [-0.1, -0.05) is 30.3 Å². The predicted octanol–water partition coefficient (Wildman–Crippen LogP) is 2.58. The van der Waals surface area contributed by atoms with E-state index in [2.05, 4.69) is 4.98 Å². The number of benzene rings is 2. The number of carbonyl (C=O) groups excluding carboxylic acids is 1. The number of fused-ring (bicyclic) bond motifs is 1. The van der Waals surface area contributed by atoms with Gasteiger partial charge >= 0.3 is 0 Å². The van der Waals surface area contributed by atoms with Crippen LogP contribution in [0.1, 0.15) is 6.42 Å². The van der Waals surface area contributed by atoms with Gasteiger partial charge in [-0.2, -0.15) is 4.98 Å². The summed E-state index contributed by atoms with van der Waals surface area (Å²) < 4.78 is 16.7. The van der Waals surface area contributed by atoms with Crippen molar-refractivity contribution in [1.82, 2.24) is 14.9 Å². The van der Waals surface area contributed by atoms with Crippen molar-refractivity contribution in [1.29, 1.82) is 0 Å². The average Bonchev–Trinajstić information content (AvgIpc) is 3.38. The van der Waals surface area contributed by atoms with Crippen LogP contribution in [-0.4, -0.2) is 74.4 Å². The smallest absolute Gasteiger partial charge is 0.227 e. The van der Waals surface area contributed by atoms with Crippen molar-refractivity contribution in [2.45, 2.75) is 6.42 Å². The number of ether oxygens (including phenoxy) is 3. The van der Waals surface area contributed by atoms with Gasteiger partial charge in [0.05, 0.1) is 44.3 Å². The molecule has 2 aliphatic rings. The second kappa shape index (κ2) is 9.34. The first kappa shape index (κ1) is 22.2. The number of anilines is 2. The van der Waals surface area contributed by atoms with Crippen LogP contribution in [0.2, 0.25) is 0 Å². The minimum Gasteiger partial charge on any atom is -0.493 e. The lowest BCUT2D eigenvalue weighted by molar-refractivity contribution is -0.138. The van der Waals surface area contributed by atoms with Crippen LogP contribution >= 0.6 is 0 Å². The minimum absolute atomic E-state index is 0.0797. The fourth-order valence-electron chi connectivity index (χ4n) is 4.83. The number of nitrogen functional groups attached to an aromatic ring is 1. The number of amides is 1. The Labute approximate surface area is 198 Å². The Morgan fingerprint density at radius 3 is 2.56 bits per heavy atom. The number of nitrogens with zero attached hydrogens (tertiary/aromatic N) is 4. The zero-order valence-corrected chi connectivity index (χ0v) is 19.5. The van der Waals surface area contributed by atoms with E-state index < -0.39 is 0 Å². The molecule has 2 saturated heterocycles. The third-order valence-electron chi connectivity index (χ3n) is 6.55. The first-order valence-corrected chi connectivity index (χ1v) is 11.5. The van der Waals surface area contributed by atoms with Crippen LogP contribution in [0.15, 0.2) is 36.4 Å². The zero-order chi connectivity index (χ0) is 23.7. The van der Waals surface area contributed by atoms with Crippen LogP contribution in [0.25, 0.3) is 22.0 Å². The van der Waals surface area contributed by atoms with Gasteiger partial charge in [0.1, 0.15) is 5.82 Å². The molecule has 9 nitrogen and oxygen atoms in total. The van der Waals surface area contributed by atoms with Crippen molar-refractivity contribution in [2.24, 2.45) is 5.92 Å². The zero-order valence-electron chi connectivity index (χ0n) is 19.5. The van der Waals surface area contributed by atoms with E-state index in [9.17, 15) is 4.79 Å². The Bertz CT molecular complexity index is 1200. The monoisotopic (exact) mass is 463 g/mol. The standard InChI is InChI=1S/C25H29N5O4/c1-32-19-14-18-21(20(22(19)33-2)16-6-4-3-5-7-16)23(26)28-25(27-18)30-9-8-17(15-30)24(31)29-10-12-34-13-11-29/h3-7,14,17H,8-13,15H2,1-2H3,(H2,26,27,28). The van der Waals surface area contributed by atoms with E-state index >= 15 is 0 Å². The highest BCUT2D eigenvalue weighted by molar-refractivity contribution is 6.05. The van der Waals surface area contributed by atoms with Gasteiger partial charge in [0.25, 0.3) is 0 Å².